The molecule has 0 saturated carbocycles. The quantitative estimate of drug-likeness (QED) is 0.497. The first kappa shape index (κ1) is 19.3. The van der Waals surface area contributed by atoms with Crippen LogP contribution in [0.1, 0.15) is 11.1 Å². The molecule has 0 heterocycles. The van der Waals surface area contributed by atoms with Crippen molar-refractivity contribution >= 4 is 28.9 Å². The first-order valence-corrected chi connectivity index (χ1v) is 9.04. The first-order chi connectivity index (χ1) is 13.0. The van der Waals surface area contributed by atoms with Crippen LogP contribution in [-0.4, -0.2) is 7.11 Å². The summed E-state index contributed by atoms with van der Waals surface area (Å²) in [6, 6.07) is 17.1. The molecule has 3 aromatic carbocycles. The second-order valence-electron chi connectivity index (χ2n) is 5.87. The van der Waals surface area contributed by atoms with E-state index in [0.29, 0.717) is 34.7 Å². The molecule has 0 aliphatic heterocycles. The molecule has 0 spiro atoms. The molecule has 0 aliphatic rings. The number of methoxy groups -OCH3 is 1. The summed E-state index contributed by atoms with van der Waals surface area (Å²) in [5.41, 5.74) is 2.63. The Bertz CT molecular complexity index is 917. The Kier molecular flexibility index (Phi) is 6.43. The normalized spacial score (nSPS) is 10.5. The fraction of sp³-hybridized carbons (Fsp3) is 0.143. The van der Waals surface area contributed by atoms with Crippen molar-refractivity contribution in [2.75, 3.05) is 12.4 Å². The molecule has 3 aromatic rings. The molecule has 1 N–H and O–H groups in total. The number of ether oxygens (including phenoxy) is 2. The van der Waals surface area contributed by atoms with Crippen LogP contribution < -0.4 is 14.8 Å². The van der Waals surface area contributed by atoms with Crippen LogP contribution in [0.2, 0.25) is 10.0 Å². The summed E-state index contributed by atoms with van der Waals surface area (Å²) < 4.78 is 24.1. The van der Waals surface area contributed by atoms with Gasteiger partial charge in [-0.3, -0.25) is 0 Å². The van der Waals surface area contributed by atoms with Crippen LogP contribution in [0.3, 0.4) is 0 Å². The van der Waals surface area contributed by atoms with E-state index in [0.717, 1.165) is 16.8 Å². The highest BCUT2D eigenvalue weighted by molar-refractivity contribution is 6.32. The van der Waals surface area contributed by atoms with Gasteiger partial charge in [-0.2, -0.15) is 0 Å². The van der Waals surface area contributed by atoms with Crippen LogP contribution in [0.15, 0.2) is 60.7 Å². The van der Waals surface area contributed by atoms with E-state index in [2.05, 4.69) is 5.32 Å². The molecule has 140 valence electrons. The van der Waals surface area contributed by atoms with Gasteiger partial charge in [0.2, 0.25) is 0 Å². The van der Waals surface area contributed by atoms with E-state index in [1.54, 1.807) is 37.4 Å². The van der Waals surface area contributed by atoms with Crippen molar-refractivity contribution in [3.63, 3.8) is 0 Å². The second-order valence-corrected chi connectivity index (χ2v) is 6.71. The maximum atomic E-state index is 13.0. The Balaban J connectivity index is 1.70. The third-order valence-electron chi connectivity index (χ3n) is 3.96. The largest absolute Gasteiger partial charge is 0.495 e. The Labute approximate surface area is 167 Å². The lowest BCUT2D eigenvalue weighted by atomic mass is 10.2. The minimum atomic E-state index is -0.270. The Morgan fingerprint density at radius 3 is 2.37 bits per heavy atom. The summed E-state index contributed by atoms with van der Waals surface area (Å²) in [6.07, 6.45) is 0. The van der Waals surface area contributed by atoms with Crippen LogP contribution in [0, 0.1) is 5.82 Å². The Hall–Kier alpha value is -2.43. The molecule has 0 radical (unpaired) electrons. The molecule has 3 rings (SSSR count). The van der Waals surface area contributed by atoms with Crippen molar-refractivity contribution in [2.24, 2.45) is 0 Å². The smallest absolute Gasteiger partial charge is 0.137 e. The van der Waals surface area contributed by atoms with E-state index in [4.69, 9.17) is 32.7 Å². The third-order valence-corrected chi connectivity index (χ3v) is 4.50. The molecule has 0 atom stereocenters. The van der Waals surface area contributed by atoms with E-state index in [1.807, 2.05) is 18.2 Å². The van der Waals surface area contributed by atoms with Crippen LogP contribution in [0.25, 0.3) is 0 Å². The molecule has 0 fully saturated rings. The summed E-state index contributed by atoms with van der Waals surface area (Å²) >= 11 is 12.3. The zero-order chi connectivity index (χ0) is 19.2. The van der Waals surface area contributed by atoms with E-state index in [-0.39, 0.29) is 5.82 Å². The average molecular weight is 406 g/mol. The highest BCUT2D eigenvalue weighted by Gasteiger charge is 2.07. The van der Waals surface area contributed by atoms with Gasteiger partial charge in [-0.25, -0.2) is 4.39 Å². The fourth-order valence-corrected chi connectivity index (χ4v) is 2.99. The summed E-state index contributed by atoms with van der Waals surface area (Å²) in [5.74, 6) is 1.05. The summed E-state index contributed by atoms with van der Waals surface area (Å²) in [6.45, 7) is 0.839. The Morgan fingerprint density at radius 1 is 0.926 bits per heavy atom. The van der Waals surface area contributed by atoms with Crippen molar-refractivity contribution in [1.82, 2.24) is 0 Å². The summed E-state index contributed by atoms with van der Waals surface area (Å²) in [7, 11) is 1.57. The lowest BCUT2D eigenvalue weighted by Gasteiger charge is -2.14. The van der Waals surface area contributed by atoms with Gasteiger partial charge < -0.3 is 14.8 Å². The molecule has 3 nitrogen and oxygen atoms in total. The van der Waals surface area contributed by atoms with Crippen molar-refractivity contribution in [1.29, 1.82) is 0 Å². The summed E-state index contributed by atoms with van der Waals surface area (Å²) in [5, 5.41) is 4.45. The van der Waals surface area contributed by atoms with Crippen molar-refractivity contribution in [3.05, 3.63) is 87.7 Å². The highest BCUT2D eigenvalue weighted by Crippen LogP contribution is 2.29. The van der Waals surface area contributed by atoms with Gasteiger partial charge in [-0.05, 0) is 54.1 Å². The van der Waals surface area contributed by atoms with Crippen LogP contribution in [-0.2, 0) is 13.2 Å². The second kappa shape index (κ2) is 8.98. The molecule has 27 heavy (non-hydrogen) atoms. The fourth-order valence-electron chi connectivity index (χ4n) is 2.54. The van der Waals surface area contributed by atoms with Crippen molar-refractivity contribution in [2.45, 2.75) is 13.2 Å². The van der Waals surface area contributed by atoms with E-state index in [9.17, 15) is 4.39 Å². The first-order valence-electron chi connectivity index (χ1n) is 8.28. The topological polar surface area (TPSA) is 30.5 Å². The molecule has 0 saturated heterocycles. The molecule has 0 aromatic heterocycles. The van der Waals surface area contributed by atoms with Crippen LogP contribution >= 0.6 is 23.2 Å². The predicted octanol–water partition coefficient (Wildman–Crippen LogP) is 6.33. The van der Waals surface area contributed by atoms with Crippen LogP contribution in [0.5, 0.6) is 11.5 Å². The molecule has 6 heteroatoms. The van der Waals surface area contributed by atoms with Gasteiger partial charge in [0, 0.05) is 22.8 Å². The third kappa shape index (κ3) is 5.28. The van der Waals surface area contributed by atoms with E-state index < -0.39 is 0 Å². The summed E-state index contributed by atoms with van der Waals surface area (Å²) in [4.78, 5) is 0. The van der Waals surface area contributed by atoms with Gasteiger partial charge in [0.05, 0.1) is 12.1 Å². The number of nitrogens with one attached hydrogen (secondary N) is 1. The highest BCUT2D eigenvalue weighted by atomic mass is 35.5. The maximum absolute atomic E-state index is 13.0. The van der Waals surface area contributed by atoms with E-state index in [1.165, 1.54) is 12.1 Å². The van der Waals surface area contributed by atoms with E-state index >= 15 is 0 Å². The number of hydrogen-bond acceptors (Lipinski definition) is 3. The molecule has 0 aliphatic carbocycles. The SMILES string of the molecule is COc1ccc(NCc2cc(Cl)ccc2OCc2ccc(F)cc2)cc1Cl. The average Bonchev–Trinajstić information content (AvgIpc) is 2.67. The zero-order valence-corrected chi connectivity index (χ0v) is 16.1. The van der Waals surface area contributed by atoms with Gasteiger partial charge in [-0.1, -0.05) is 35.3 Å². The monoisotopic (exact) mass is 405 g/mol. The molecule has 0 bridgehead atoms. The van der Waals surface area contributed by atoms with Gasteiger partial charge in [-0.15, -0.1) is 0 Å². The number of anilines is 1. The standard InChI is InChI=1S/C21H18Cl2FNO2/c1-26-21-9-7-18(11-19(21)23)25-12-15-10-16(22)4-8-20(15)27-13-14-2-5-17(24)6-3-14/h2-11,25H,12-13H2,1H3. The van der Waals surface area contributed by atoms with Crippen LogP contribution in [0.4, 0.5) is 10.1 Å². The maximum Gasteiger partial charge on any atom is 0.137 e. The van der Waals surface area contributed by atoms with Gasteiger partial charge in [0.15, 0.2) is 0 Å². The molecule has 0 unspecified atom stereocenters. The lowest BCUT2D eigenvalue weighted by Crippen LogP contribution is -2.04. The lowest BCUT2D eigenvalue weighted by molar-refractivity contribution is 0.303. The number of benzene rings is 3. The number of hydrogen-bond donors (Lipinski definition) is 1. The number of halogens is 3. The molecular formula is C21H18Cl2FNO2. The molecule has 0 amide bonds. The minimum Gasteiger partial charge on any atom is -0.495 e. The molecular weight excluding hydrogens is 388 g/mol. The van der Waals surface area contributed by atoms with Gasteiger partial charge >= 0.3 is 0 Å². The zero-order valence-electron chi connectivity index (χ0n) is 14.6. The van der Waals surface area contributed by atoms with Gasteiger partial charge in [0.25, 0.3) is 0 Å². The Morgan fingerprint density at radius 2 is 1.67 bits per heavy atom. The minimum absolute atomic E-state index is 0.270. The predicted molar refractivity (Wildman–Crippen MR) is 108 cm³/mol. The van der Waals surface area contributed by atoms with Gasteiger partial charge in [0.1, 0.15) is 23.9 Å². The van der Waals surface area contributed by atoms with Crippen molar-refractivity contribution in [3.8, 4) is 11.5 Å². The number of rotatable bonds is 7. The van der Waals surface area contributed by atoms with Crippen molar-refractivity contribution < 1.29 is 13.9 Å².